The van der Waals surface area contributed by atoms with Crippen molar-refractivity contribution >= 4 is 22.9 Å². The molecule has 1 amide bonds. The van der Waals surface area contributed by atoms with Crippen molar-refractivity contribution < 1.29 is 9.21 Å². The maximum Gasteiger partial charge on any atom is 0.238 e. The summed E-state index contributed by atoms with van der Waals surface area (Å²) in [5.41, 5.74) is 4.05. The quantitative estimate of drug-likeness (QED) is 0.670. The number of hydrogen-bond acceptors (Lipinski definition) is 6. The minimum absolute atomic E-state index is 0.0511. The third kappa shape index (κ3) is 5.12. The monoisotopic (exact) mass is 410 g/mol. The van der Waals surface area contributed by atoms with Crippen LogP contribution in [0.4, 0.5) is 5.69 Å². The van der Waals surface area contributed by atoms with Crippen LogP contribution >= 0.6 is 11.3 Å². The second-order valence-corrected chi connectivity index (χ2v) is 8.47. The van der Waals surface area contributed by atoms with Crippen LogP contribution in [-0.4, -0.2) is 53.4 Å². The summed E-state index contributed by atoms with van der Waals surface area (Å²) in [4.78, 5) is 21.7. The molecule has 3 heterocycles. The maximum atomic E-state index is 12.4. The highest BCUT2D eigenvalue weighted by atomic mass is 32.1. The van der Waals surface area contributed by atoms with Gasteiger partial charge in [-0.3, -0.25) is 14.6 Å². The van der Waals surface area contributed by atoms with Crippen LogP contribution in [0.25, 0.3) is 11.5 Å². The van der Waals surface area contributed by atoms with Gasteiger partial charge in [-0.1, -0.05) is 12.1 Å². The van der Waals surface area contributed by atoms with E-state index >= 15 is 0 Å². The number of amides is 1. The van der Waals surface area contributed by atoms with Crippen LogP contribution in [0.2, 0.25) is 0 Å². The highest BCUT2D eigenvalue weighted by molar-refractivity contribution is 7.09. The van der Waals surface area contributed by atoms with Crippen LogP contribution in [0, 0.1) is 13.8 Å². The van der Waals surface area contributed by atoms with Crippen LogP contribution < -0.4 is 5.32 Å². The number of rotatable bonds is 6. The molecule has 2 aromatic heterocycles. The van der Waals surface area contributed by atoms with Gasteiger partial charge in [0.15, 0.2) is 5.76 Å². The van der Waals surface area contributed by atoms with Gasteiger partial charge in [-0.05, 0) is 43.2 Å². The lowest BCUT2D eigenvalue weighted by atomic mass is 10.1. The summed E-state index contributed by atoms with van der Waals surface area (Å²) in [6, 6.07) is 9.94. The van der Waals surface area contributed by atoms with Gasteiger partial charge >= 0.3 is 0 Å². The van der Waals surface area contributed by atoms with Crippen molar-refractivity contribution in [2.45, 2.75) is 20.4 Å². The highest BCUT2D eigenvalue weighted by Gasteiger charge is 2.20. The number of nitrogens with zero attached hydrogens (tertiary/aromatic N) is 3. The summed E-state index contributed by atoms with van der Waals surface area (Å²) in [5.74, 6) is 0.863. The smallest absolute Gasteiger partial charge is 0.238 e. The number of nitrogens with one attached hydrogen (secondary N) is 1. The largest absolute Gasteiger partial charge is 0.463 e. The van der Waals surface area contributed by atoms with Crippen molar-refractivity contribution in [1.29, 1.82) is 0 Å². The first-order chi connectivity index (χ1) is 14.1. The predicted molar refractivity (Wildman–Crippen MR) is 116 cm³/mol. The van der Waals surface area contributed by atoms with Crippen molar-refractivity contribution in [3.05, 3.63) is 58.1 Å². The number of anilines is 1. The van der Waals surface area contributed by atoms with Gasteiger partial charge in [-0.2, -0.15) is 0 Å². The second kappa shape index (κ2) is 8.90. The van der Waals surface area contributed by atoms with Crippen molar-refractivity contribution in [2.24, 2.45) is 0 Å². The lowest BCUT2D eigenvalue weighted by Gasteiger charge is -2.33. The minimum atomic E-state index is 0.0511. The molecule has 0 saturated carbocycles. The van der Waals surface area contributed by atoms with Gasteiger partial charge in [0.1, 0.15) is 10.7 Å². The molecule has 1 aliphatic rings. The SMILES string of the molecule is Cc1ccc(C)c(NC(=O)CN2CCN(Cc3nc(-c4ccco4)cs3)CC2)c1. The Hall–Kier alpha value is -2.48. The van der Waals surface area contributed by atoms with Crippen LogP contribution in [0.3, 0.4) is 0 Å². The number of aromatic nitrogens is 1. The Morgan fingerprint density at radius 3 is 2.72 bits per heavy atom. The van der Waals surface area contributed by atoms with E-state index in [1.165, 1.54) is 0 Å². The van der Waals surface area contributed by atoms with Gasteiger partial charge in [-0.15, -0.1) is 11.3 Å². The minimum Gasteiger partial charge on any atom is -0.463 e. The number of piperazine rings is 1. The van der Waals surface area contributed by atoms with E-state index in [4.69, 9.17) is 4.42 Å². The molecule has 7 heteroatoms. The zero-order valence-electron chi connectivity index (χ0n) is 16.9. The Kier molecular flexibility index (Phi) is 6.08. The third-order valence-corrected chi connectivity index (χ3v) is 6.02. The number of thiazole rings is 1. The molecule has 1 fully saturated rings. The number of aryl methyl sites for hydroxylation is 2. The van der Waals surface area contributed by atoms with Crippen LogP contribution in [-0.2, 0) is 11.3 Å². The van der Waals surface area contributed by atoms with E-state index in [-0.39, 0.29) is 5.91 Å². The molecule has 4 rings (SSSR count). The van der Waals surface area contributed by atoms with Crippen molar-refractivity contribution in [2.75, 3.05) is 38.0 Å². The first-order valence-electron chi connectivity index (χ1n) is 9.87. The van der Waals surface area contributed by atoms with Crippen molar-refractivity contribution in [1.82, 2.24) is 14.8 Å². The molecule has 0 radical (unpaired) electrons. The second-order valence-electron chi connectivity index (χ2n) is 7.52. The van der Waals surface area contributed by atoms with Crippen LogP contribution in [0.1, 0.15) is 16.1 Å². The van der Waals surface area contributed by atoms with Gasteiger partial charge in [0, 0.05) is 37.2 Å². The Bertz CT molecular complexity index is 959. The molecule has 0 aliphatic carbocycles. The topological polar surface area (TPSA) is 61.6 Å². The van der Waals surface area contributed by atoms with Gasteiger partial charge < -0.3 is 9.73 Å². The third-order valence-electron chi connectivity index (χ3n) is 5.18. The van der Waals surface area contributed by atoms with Gasteiger partial charge in [-0.25, -0.2) is 4.98 Å². The molecule has 1 N–H and O–H groups in total. The van der Waals surface area contributed by atoms with E-state index in [9.17, 15) is 4.79 Å². The first kappa shape index (κ1) is 19.8. The number of carbonyl (C=O) groups excluding carboxylic acids is 1. The van der Waals surface area contributed by atoms with Gasteiger partial charge in [0.2, 0.25) is 5.91 Å². The number of furan rings is 1. The first-order valence-corrected chi connectivity index (χ1v) is 10.7. The Labute approximate surface area is 175 Å². The molecular weight excluding hydrogens is 384 g/mol. The molecule has 0 unspecified atom stereocenters. The van der Waals surface area contributed by atoms with E-state index < -0.39 is 0 Å². The number of carbonyl (C=O) groups is 1. The molecule has 1 aliphatic heterocycles. The summed E-state index contributed by atoms with van der Waals surface area (Å²) in [7, 11) is 0. The van der Waals surface area contributed by atoms with Crippen molar-refractivity contribution in [3.63, 3.8) is 0 Å². The van der Waals surface area contributed by atoms with E-state index in [1.54, 1.807) is 17.6 Å². The molecule has 152 valence electrons. The fourth-order valence-electron chi connectivity index (χ4n) is 3.48. The molecular formula is C22H26N4O2S. The summed E-state index contributed by atoms with van der Waals surface area (Å²) in [5, 5.41) is 6.19. The summed E-state index contributed by atoms with van der Waals surface area (Å²) >= 11 is 1.67. The van der Waals surface area contributed by atoms with Crippen LogP contribution in [0.15, 0.2) is 46.4 Å². The highest BCUT2D eigenvalue weighted by Crippen LogP contribution is 2.23. The maximum absolute atomic E-state index is 12.4. The predicted octanol–water partition coefficient (Wildman–Crippen LogP) is 3.78. The fourth-order valence-corrected chi connectivity index (χ4v) is 4.31. The lowest BCUT2D eigenvalue weighted by molar-refractivity contribution is -0.117. The summed E-state index contributed by atoms with van der Waals surface area (Å²) in [6.45, 7) is 8.97. The zero-order chi connectivity index (χ0) is 20.2. The van der Waals surface area contributed by atoms with E-state index in [0.29, 0.717) is 6.54 Å². The average molecular weight is 411 g/mol. The molecule has 1 aromatic carbocycles. The van der Waals surface area contributed by atoms with Gasteiger partial charge in [0.25, 0.3) is 0 Å². The molecule has 3 aromatic rings. The molecule has 0 spiro atoms. The zero-order valence-corrected chi connectivity index (χ0v) is 17.7. The molecule has 1 saturated heterocycles. The lowest BCUT2D eigenvalue weighted by Crippen LogP contribution is -2.48. The molecule has 0 atom stereocenters. The van der Waals surface area contributed by atoms with E-state index in [0.717, 1.165) is 66.0 Å². The average Bonchev–Trinajstić information content (AvgIpc) is 3.38. The Balaban J connectivity index is 1.24. The number of hydrogen-bond donors (Lipinski definition) is 1. The Morgan fingerprint density at radius 2 is 1.97 bits per heavy atom. The van der Waals surface area contributed by atoms with E-state index in [1.807, 2.05) is 43.5 Å². The summed E-state index contributed by atoms with van der Waals surface area (Å²) < 4.78 is 5.42. The number of benzene rings is 1. The Morgan fingerprint density at radius 1 is 1.17 bits per heavy atom. The molecule has 29 heavy (non-hydrogen) atoms. The van der Waals surface area contributed by atoms with Crippen LogP contribution in [0.5, 0.6) is 0 Å². The van der Waals surface area contributed by atoms with Crippen molar-refractivity contribution in [3.8, 4) is 11.5 Å². The standard InChI is InChI=1S/C22H26N4O2S/c1-16-5-6-17(2)18(12-16)23-21(27)13-25-7-9-26(10-8-25)14-22-24-19(15-29-22)20-4-3-11-28-20/h3-6,11-12,15H,7-10,13-14H2,1-2H3,(H,23,27). The molecule has 6 nitrogen and oxygen atoms in total. The molecule has 0 bridgehead atoms. The summed E-state index contributed by atoms with van der Waals surface area (Å²) in [6.07, 6.45) is 1.67. The van der Waals surface area contributed by atoms with Gasteiger partial charge in [0.05, 0.1) is 19.4 Å². The fraction of sp³-hybridized carbons (Fsp3) is 0.364. The van der Waals surface area contributed by atoms with E-state index in [2.05, 4.69) is 26.2 Å². The normalized spacial score (nSPS) is 15.5.